The number of nitro benzene ring substituents is 1. The predicted molar refractivity (Wildman–Crippen MR) is 66.9 cm³/mol. The highest BCUT2D eigenvalue weighted by atomic mass is 19.1. The monoisotopic (exact) mass is 284 g/mol. The molecule has 0 bridgehead atoms. The third-order valence-corrected chi connectivity index (χ3v) is 2.58. The number of carbonyl (C=O) groups is 2. The number of carbonyl (C=O) groups excluding carboxylic acids is 1. The topological polar surface area (TPSA) is 110 Å². The Morgan fingerprint density at radius 2 is 2.15 bits per heavy atom. The van der Waals surface area contributed by atoms with Gasteiger partial charge >= 0.3 is 5.97 Å². The van der Waals surface area contributed by atoms with Gasteiger partial charge in [0.25, 0.3) is 11.6 Å². The molecule has 1 aromatic carbocycles. The molecule has 0 heterocycles. The van der Waals surface area contributed by atoms with Crippen LogP contribution in [0, 0.1) is 15.9 Å². The summed E-state index contributed by atoms with van der Waals surface area (Å²) >= 11 is 0. The molecule has 108 valence electrons. The molecule has 0 spiro atoms. The first-order valence-electron chi connectivity index (χ1n) is 5.84. The summed E-state index contributed by atoms with van der Waals surface area (Å²) in [6, 6.07) is 1.25. The van der Waals surface area contributed by atoms with Crippen molar-refractivity contribution in [3.05, 3.63) is 39.7 Å². The van der Waals surface area contributed by atoms with Crippen molar-refractivity contribution in [1.29, 1.82) is 0 Å². The number of amides is 1. The fourth-order valence-electron chi connectivity index (χ4n) is 1.63. The average molecular weight is 284 g/mol. The van der Waals surface area contributed by atoms with Crippen molar-refractivity contribution in [1.82, 2.24) is 5.32 Å². The first kappa shape index (κ1) is 15.5. The van der Waals surface area contributed by atoms with Crippen molar-refractivity contribution >= 4 is 17.6 Å². The molecule has 0 aliphatic heterocycles. The van der Waals surface area contributed by atoms with Gasteiger partial charge in [0.1, 0.15) is 17.4 Å². The summed E-state index contributed by atoms with van der Waals surface area (Å²) < 4.78 is 13.1. The molecular weight excluding hydrogens is 271 g/mol. The Morgan fingerprint density at radius 1 is 1.50 bits per heavy atom. The van der Waals surface area contributed by atoms with E-state index in [-0.39, 0.29) is 6.42 Å². The molecule has 1 amide bonds. The van der Waals surface area contributed by atoms with Gasteiger partial charge in [0, 0.05) is 6.07 Å². The van der Waals surface area contributed by atoms with E-state index in [0.29, 0.717) is 12.5 Å². The SMILES string of the molecule is CCC[C@@H](NC(=O)c1cc(F)ccc1[N+](=O)[O-])C(=O)O. The summed E-state index contributed by atoms with van der Waals surface area (Å²) in [5, 5.41) is 21.8. The van der Waals surface area contributed by atoms with E-state index < -0.39 is 39.9 Å². The molecule has 8 heteroatoms. The van der Waals surface area contributed by atoms with Crippen molar-refractivity contribution in [2.45, 2.75) is 25.8 Å². The molecular formula is C12H13FN2O5. The van der Waals surface area contributed by atoms with Crippen molar-refractivity contribution < 1.29 is 24.0 Å². The number of halogens is 1. The van der Waals surface area contributed by atoms with Crippen molar-refractivity contribution in [2.24, 2.45) is 0 Å². The van der Waals surface area contributed by atoms with Crippen LogP contribution in [-0.2, 0) is 4.79 Å². The molecule has 0 unspecified atom stereocenters. The van der Waals surface area contributed by atoms with Crippen LogP contribution in [0.5, 0.6) is 0 Å². The maximum absolute atomic E-state index is 13.1. The van der Waals surface area contributed by atoms with Crippen LogP contribution in [0.15, 0.2) is 18.2 Å². The van der Waals surface area contributed by atoms with E-state index >= 15 is 0 Å². The van der Waals surface area contributed by atoms with Crippen LogP contribution in [0.3, 0.4) is 0 Å². The lowest BCUT2D eigenvalue weighted by Gasteiger charge is -2.13. The molecule has 0 radical (unpaired) electrons. The second-order valence-electron chi connectivity index (χ2n) is 4.07. The van der Waals surface area contributed by atoms with E-state index in [1.54, 1.807) is 6.92 Å². The van der Waals surface area contributed by atoms with Gasteiger partial charge < -0.3 is 10.4 Å². The summed E-state index contributed by atoms with van der Waals surface area (Å²) in [5.74, 6) is -3.06. The summed E-state index contributed by atoms with van der Waals surface area (Å²) in [4.78, 5) is 32.7. The molecule has 7 nitrogen and oxygen atoms in total. The largest absolute Gasteiger partial charge is 0.480 e. The molecule has 1 rings (SSSR count). The number of carboxylic acids is 1. The zero-order chi connectivity index (χ0) is 15.3. The van der Waals surface area contributed by atoms with Gasteiger partial charge in [0.05, 0.1) is 4.92 Å². The van der Waals surface area contributed by atoms with E-state index in [9.17, 15) is 24.1 Å². The van der Waals surface area contributed by atoms with Gasteiger partial charge in [-0.05, 0) is 18.6 Å². The molecule has 0 aromatic heterocycles. The molecule has 20 heavy (non-hydrogen) atoms. The Hall–Kier alpha value is -2.51. The summed E-state index contributed by atoms with van der Waals surface area (Å²) in [7, 11) is 0. The van der Waals surface area contributed by atoms with Gasteiger partial charge in [-0.3, -0.25) is 14.9 Å². The number of hydrogen-bond acceptors (Lipinski definition) is 4. The number of nitrogens with zero attached hydrogens (tertiary/aromatic N) is 1. The van der Waals surface area contributed by atoms with Gasteiger partial charge in [-0.2, -0.15) is 0 Å². The van der Waals surface area contributed by atoms with Crippen LogP contribution in [0.4, 0.5) is 10.1 Å². The number of nitrogens with one attached hydrogen (secondary N) is 1. The Balaban J connectivity index is 3.05. The van der Waals surface area contributed by atoms with Crippen LogP contribution < -0.4 is 5.32 Å². The Morgan fingerprint density at radius 3 is 2.65 bits per heavy atom. The Kier molecular flexibility index (Phi) is 5.13. The Labute approximate surface area is 113 Å². The van der Waals surface area contributed by atoms with Gasteiger partial charge in [0.15, 0.2) is 0 Å². The third-order valence-electron chi connectivity index (χ3n) is 2.58. The van der Waals surface area contributed by atoms with Crippen LogP contribution in [0.25, 0.3) is 0 Å². The van der Waals surface area contributed by atoms with E-state index in [1.165, 1.54) is 0 Å². The molecule has 2 N–H and O–H groups in total. The maximum atomic E-state index is 13.1. The molecule has 0 saturated heterocycles. The van der Waals surface area contributed by atoms with Gasteiger partial charge in [0.2, 0.25) is 0 Å². The van der Waals surface area contributed by atoms with E-state index in [4.69, 9.17) is 5.11 Å². The molecule has 0 fully saturated rings. The van der Waals surface area contributed by atoms with Crippen LogP contribution in [-0.4, -0.2) is 27.9 Å². The second kappa shape index (κ2) is 6.60. The first-order valence-corrected chi connectivity index (χ1v) is 5.84. The minimum atomic E-state index is -1.25. The zero-order valence-electron chi connectivity index (χ0n) is 10.6. The lowest BCUT2D eigenvalue weighted by molar-refractivity contribution is -0.385. The minimum Gasteiger partial charge on any atom is -0.480 e. The minimum absolute atomic E-state index is 0.171. The van der Waals surface area contributed by atoms with Crippen LogP contribution >= 0.6 is 0 Å². The summed E-state index contributed by atoms with van der Waals surface area (Å²) in [5.41, 5.74) is -1.08. The zero-order valence-corrected chi connectivity index (χ0v) is 10.6. The second-order valence-corrected chi connectivity index (χ2v) is 4.07. The fourth-order valence-corrected chi connectivity index (χ4v) is 1.63. The normalized spacial score (nSPS) is 11.7. The molecule has 1 atom stereocenters. The molecule has 0 aliphatic rings. The number of benzene rings is 1. The van der Waals surface area contributed by atoms with Crippen LogP contribution in [0.2, 0.25) is 0 Å². The van der Waals surface area contributed by atoms with Crippen molar-refractivity contribution in [3.63, 3.8) is 0 Å². The number of rotatable bonds is 6. The number of nitro groups is 1. The van der Waals surface area contributed by atoms with E-state index in [1.807, 2.05) is 0 Å². The quantitative estimate of drug-likeness (QED) is 0.610. The predicted octanol–water partition coefficient (Wildman–Crippen LogP) is 1.72. The highest BCUT2D eigenvalue weighted by Crippen LogP contribution is 2.19. The number of carboxylic acid groups (broad SMARTS) is 1. The van der Waals surface area contributed by atoms with Gasteiger partial charge in [-0.1, -0.05) is 13.3 Å². The first-order chi connectivity index (χ1) is 9.36. The highest BCUT2D eigenvalue weighted by molar-refractivity contribution is 5.99. The number of hydrogen-bond donors (Lipinski definition) is 2. The lowest BCUT2D eigenvalue weighted by Crippen LogP contribution is -2.40. The number of aliphatic carboxylic acids is 1. The lowest BCUT2D eigenvalue weighted by atomic mass is 10.1. The van der Waals surface area contributed by atoms with Gasteiger partial charge in [-0.25, -0.2) is 9.18 Å². The van der Waals surface area contributed by atoms with E-state index in [0.717, 1.165) is 12.1 Å². The fraction of sp³-hybridized carbons (Fsp3) is 0.333. The highest BCUT2D eigenvalue weighted by Gasteiger charge is 2.25. The average Bonchev–Trinajstić information content (AvgIpc) is 2.37. The summed E-state index contributed by atoms with van der Waals surface area (Å²) in [6.45, 7) is 1.73. The van der Waals surface area contributed by atoms with E-state index in [2.05, 4.69) is 5.32 Å². The molecule has 1 aromatic rings. The summed E-state index contributed by atoms with van der Waals surface area (Å²) in [6.07, 6.45) is 0.673. The van der Waals surface area contributed by atoms with Gasteiger partial charge in [-0.15, -0.1) is 0 Å². The van der Waals surface area contributed by atoms with Crippen molar-refractivity contribution in [3.8, 4) is 0 Å². The smallest absolute Gasteiger partial charge is 0.326 e. The molecule has 0 aliphatic carbocycles. The molecule has 0 saturated carbocycles. The standard InChI is InChI=1S/C12H13FN2O5/c1-2-3-9(12(17)18)14-11(16)8-6-7(13)4-5-10(8)15(19)20/h4-6,9H,2-3H2,1H3,(H,14,16)(H,17,18)/t9-/m1/s1. The van der Waals surface area contributed by atoms with Crippen molar-refractivity contribution in [2.75, 3.05) is 0 Å². The van der Waals surface area contributed by atoms with Crippen LogP contribution in [0.1, 0.15) is 30.1 Å². The Bertz CT molecular complexity index is 547. The third kappa shape index (κ3) is 3.74. The maximum Gasteiger partial charge on any atom is 0.326 e.